The van der Waals surface area contributed by atoms with Crippen molar-refractivity contribution in [2.75, 3.05) is 13.2 Å². The molecule has 11 heavy (non-hydrogen) atoms. The molecule has 2 rings (SSSR count). The van der Waals surface area contributed by atoms with Gasteiger partial charge in [0.1, 0.15) is 0 Å². The smallest absolute Gasteiger partial charge is 0.0466 e. The highest BCUT2D eigenvalue weighted by Gasteiger charge is 1.94. The van der Waals surface area contributed by atoms with Crippen molar-refractivity contribution in [1.82, 2.24) is 9.97 Å². The maximum absolute atomic E-state index is 4.94. The highest BCUT2D eigenvalue weighted by Crippen LogP contribution is 1.98. The van der Waals surface area contributed by atoms with Gasteiger partial charge >= 0.3 is 0 Å². The Morgan fingerprint density at radius 2 is 1.27 bits per heavy atom. The van der Waals surface area contributed by atoms with Crippen LogP contribution in [0.5, 0.6) is 0 Å². The fraction of sp³-hybridized carbons (Fsp3) is 0.500. The first-order valence-corrected chi connectivity index (χ1v) is 3.78. The number of hydrogen-bond donors (Lipinski definition) is 0. The van der Waals surface area contributed by atoms with Gasteiger partial charge in [-0.25, -0.2) is 0 Å². The van der Waals surface area contributed by atoms with Gasteiger partial charge in [0.2, 0.25) is 0 Å². The number of rotatable bonds is 0. The molecule has 0 aliphatic carbocycles. The van der Waals surface area contributed by atoms with Crippen LogP contribution in [0.1, 0.15) is 12.8 Å². The van der Waals surface area contributed by atoms with Gasteiger partial charge in [0, 0.05) is 38.0 Å². The van der Waals surface area contributed by atoms with Crippen LogP contribution in [0.3, 0.4) is 0 Å². The standard InChI is InChI=1S/C4H4N2.C4H8O/c1-2-6-4-3-5-1;1-2-4-5-3-1/h1-4H;1-4H2. The van der Waals surface area contributed by atoms with E-state index in [9.17, 15) is 0 Å². The lowest BCUT2D eigenvalue weighted by Crippen LogP contribution is -1.74. The molecular weight excluding hydrogens is 140 g/mol. The Morgan fingerprint density at radius 3 is 1.45 bits per heavy atom. The summed E-state index contributed by atoms with van der Waals surface area (Å²) in [5.74, 6) is 0. The zero-order valence-electron chi connectivity index (χ0n) is 6.44. The topological polar surface area (TPSA) is 35.0 Å². The van der Waals surface area contributed by atoms with Gasteiger partial charge in [-0.3, -0.25) is 9.97 Å². The van der Waals surface area contributed by atoms with Crippen molar-refractivity contribution in [2.45, 2.75) is 12.8 Å². The molecule has 3 heteroatoms. The summed E-state index contributed by atoms with van der Waals surface area (Å²) >= 11 is 0. The first kappa shape index (κ1) is 8.14. The van der Waals surface area contributed by atoms with Crippen molar-refractivity contribution >= 4 is 0 Å². The summed E-state index contributed by atoms with van der Waals surface area (Å²) in [6.45, 7) is 2.00. The molecule has 1 saturated heterocycles. The van der Waals surface area contributed by atoms with Crippen LogP contribution in [-0.2, 0) is 4.74 Å². The van der Waals surface area contributed by atoms with Gasteiger partial charge in [-0.15, -0.1) is 0 Å². The van der Waals surface area contributed by atoms with Gasteiger partial charge in [-0.2, -0.15) is 0 Å². The van der Waals surface area contributed by atoms with Gasteiger partial charge in [-0.05, 0) is 12.8 Å². The molecule has 0 aromatic carbocycles. The Labute approximate surface area is 66.4 Å². The van der Waals surface area contributed by atoms with E-state index in [2.05, 4.69) is 9.97 Å². The quantitative estimate of drug-likeness (QED) is 0.561. The zero-order chi connectivity index (χ0) is 7.78. The van der Waals surface area contributed by atoms with Crippen molar-refractivity contribution in [3.8, 4) is 0 Å². The van der Waals surface area contributed by atoms with E-state index in [1.54, 1.807) is 24.8 Å². The molecule has 1 aliphatic rings. The van der Waals surface area contributed by atoms with E-state index in [4.69, 9.17) is 4.74 Å². The lowest BCUT2D eigenvalue weighted by atomic mass is 10.4. The summed E-state index contributed by atoms with van der Waals surface area (Å²) in [5, 5.41) is 0. The molecule has 1 fully saturated rings. The summed E-state index contributed by atoms with van der Waals surface area (Å²) < 4.78 is 4.94. The molecule has 2 heterocycles. The molecule has 0 saturated carbocycles. The monoisotopic (exact) mass is 152 g/mol. The number of nitrogens with zero attached hydrogens (tertiary/aromatic N) is 2. The van der Waals surface area contributed by atoms with Gasteiger partial charge in [-0.1, -0.05) is 0 Å². The first-order valence-electron chi connectivity index (χ1n) is 3.78. The first-order chi connectivity index (χ1) is 5.50. The minimum absolute atomic E-state index is 1.00. The Morgan fingerprint density at radius 1 is 0.818 bits per heavy atom. The van der Waals surface area contributed by atoms with Crippen LogP contribution in [-0.4, -0.2) is 23.2 Å². The Kier molecular flexibility index (Phi) is 4.29. The Hall–Kier alpha value is -0.960. The summed E-state index contributed by atoms with van der Waals surface area (Å²) in [4.78, 5) is 7.44. The molecule has 0 unspecified atom stereocenters. The van der Waals surface area contributed by atoms with E-state index in [1.807, 2.05) is 0 Å². The number of hydrogen-bond acceptors (Lipinski definition) is 3. The average molecular weight is 152 g/mol. The molecular formula is C8H12N2O. The van der Waals surface area contributed by atoms with E-state index in [0.717, 1.165) is 13.2 Å². The SMILES string of the molecule is C1CCOC1.c1cnccn1. The Bertz CT molecular complexity index is 129. The molecule has 0 radical (unpaired) electrons. The molecule has 0 bridgehead atoms. The normalized spacial score (nSPS) is 15.3. The third-order valence-electron chi connectivity index (χ3n) is 1.30. The summed E-state index contributed by atoms with van der Waals surface area (Å²) in [7, 11) is 0. The minimum Gasteiger partial charge on any atom is -0.381 e. The van der Waals surface area contributed by atoms with E-state index in [1.165, 1.54) is 12.8 Å². The average Bonchev–Trinajstić information content (AvgIpc) is 2.64. The van der Waals surface area contributed by atoms with E-state index in [-0.39, 0.29) is 0 Å². The maximum Gasteiger partial charge on any atom is 0.0466 e. The van der Waals surface area contributed by atoms with Crippen LogP contribution in [0, 0.1) is 0 Å². The highest BCUT2D eigenvalue weighted by atomic mass is 16.5. The van der Waals surface area contributed by atoms with Crippen LogP contribution < -0.4 is 0 Å². The lowest BCUT2D eigenvalue weighted by Gasteiger charge is -1.76. The molecule has 1 aromatic rings. The van der Waals surface area contributed by atoms with E-state index in [0.29, 0.717) is 0 Å². The summed E-state index contributed by atoms with van der Waals surface area (Å²) in [6, 6.07) is 0. The fourth-order valence-corrected chi connectivity index (χ4v) is 0.764. The van der Waals surface area contributed by atoms with Gasteiger partial charge in [0.15, 0.2) is 0 Å². The highest BCUT2D eigenvalue weighted by molar-refractivity contribution is 4.70. The van der Waals surface area contributed by atoms with Crippen molar-refractivity contribution < 1.29 is 4.74 Å². The number of aromatic nitrogens is 2. The van der Waals surface area contributed by atoms with Gasteiger partial charge < -0.3 is 4.74 Å². The van der Waals surface area contributed by atoms with Crippen molar-refractivity contribution in [1.29, 1.82) is 0 Å². The molecule has 1 aliphatic heterocycles. The van der Waals surface area contributed by atoms with Crippen LogP contribution >= 0.6 is 0 Å². The van der Waals surface area contributed by atoms with Crippen LogP contribution in [0.25, 0.3) is 0 Å². The fourth-order valence-electron chi connectivity index (χ4n) is 0.764. The van der Waals surface area contributed by atoms with Crippen molar-refractivity contribution in [3.63, 3.8) is 0 Å². The molecule has 0 amide bonds. The third-order valence-corrected chi connectivity index (χ3v) is 1.30. The van der Waals surface area contributed by atoms with Crippen LogP contribution in [0.15, 0.2) is 24.8 Å². The number of ether oxygens (including phenoxy) is 1. The minimum atomic E-state index is 1.00. The van der Waals surface area contributed by atoms with Crippen LogP contribution in [0.2, 0.25) is 0 Å². The predicted molar refractivity (Wildman–Crippen MR) is 42.1 cm³/mol. The largest absolute Gasteiger partial charge is 0.381 e. The zero-order valence-corrected chi connectivity index (χ0v) is 6.44. The molecule has 60 valence electrons. The lowest BCUT2D eigenvalue weighted by molar-refractivity contribution is 0.198. The van der Waals surface area contributed by atoms with E-state index >= 15 is 0 Å². The summed E-state index contributed by atoms with van der Waals surface area (Å²) in [6.07, 6.45) is 9.11. The second kappa shape index (κ2) is 5.80. The molecule has 3 nitrogen and oxygen atoms in total. The molecule has 1 aromatic heterocycles. The van der Waals surface area contributed by atoms with E-state index < -0.39 is 0 Å². The van der Waals surface area contributed by atoms with Crippen molar-refractivity contribution in [2.24, 2.45) is 0 Å². The molecule has 0 N–H and O–H groups in total. The third kappa shape index (κ3) is 4.44. The Balaban J connectivity index is 0.000000112. The maximum atomic E-state index is 4.94. The summed E-state index contributed by atoms with van der Waals surface area (Å²) in [5.41, 5.74) is 0. The second-order valence-electron chi connectivity index (χ2n) is 2.21. The predicted octanol–water partition coefficient (Wildman–Crippen LogP) is 1.27. The van der Waals surface area contributed by atoms with Gasteiger partial charge in [0.05, 0.1) is 0 Å². The molecule has 0 spiro atoms. The van der Waals surface area contributed by atoms with Crippen LogP contribution in [0.4, 0.5) is 0 Å². The van der Waals surface area contributed by atoms with Gasteiger partial charge in [0.25, 0.3) is 0 Å². The molecule has 0 atom stereocenters. The van der Waals surface area contributed by atoms with Crippen molar-refractivity contribution in [3.05, 3.63) is 24.8 Å². The second-order valence-corrected chi connectivity index (χ2v) is 2.21.